The Morgan fingerprint density at radius 3 is 2.59 bits per heavy atom. The summed E-state index contributed by atoms with van der Waals surface area (Å²) in [5, 5.41) is 2.91. The Morgan fingerprint density at radius 2 is 1.91 bits per heavy atom. The summed E-state index contributed by atoms with van der Waals surface area (Å²) in [4.78, 5) is 13.3. The van der Waals surface area contributed by atoms with Crippen molar-refractivity contribution in [2.24, 2.45) is 0 Å². The van der Waals surface area contributed by atoms with Gasteiger partial charge in [0.2, 0.25) is 0 Å². The second kappa shape index (κ2) is 7.61. The minimum absolute atomic E-state index is 0.00599. The number of hydrogen-bond donors (Lipinski definition) is 2. The first-order valence-corrected chi connectivity index (χ1v) is 7.41. The molecule has 0 aliphatic heterocycles. The molecule has 0 aliphatic carbocycles. The molecule has 4 heteroatoms. The van der Waals surface area contributed by atoms with E-state index in [1.165, 1.54) is 5.56 Å². The maximum atomic E-state index is 12.2. The third-order valence-corrected chi connectivity index (χ3v) is 3.83. The number of nitrogens with one attached hydrogen (secondary N) is 2. The van der Waals surface area contributed by atoms with Crippen LogP contribution in [0.5, 0.6) is 5.75 Å². The summed E-state index contributed by atoms with van der Waals surface area (Å²) in [6, 6.07) is 17.9. The molecule has 2 rings (SSSR count). The van der Waals surface area contributed by atoms with E-state index in [4.69, 9.17) is 4.74 Å². The van der Waals surface area contributed by atoms with Gasteiger partial charge < -0.3 is 15.0 Å². The van der Waals surface area contributed by atoms with Gasteiger partial charge in [-0.1, -0.05) is 36.4 Å². The number of carbonyl (C=O) groups is 1. The summed E-state index contributed by atoms with van der Waals surface area (Å²) in [5.41, 5.74) is 1.98. The molecule has 116 valence electrons. The maximum absolute atomic E-state index is 12.2. The third kappa shape index (κ3) is 4.33. The van der Waals surface area contributed by atoms with Gasteiger partial charge in [-0.25, -0.2) is 0 Å². The van der Waals surface area contributed by atoms with Crippen LogP contribution in [0.2, 0.25) is 0 Å². The van der Waals surface area contributed by atoms with Crippen molar-refractivity contribution in [2.75, 3.05) is 26.0 Å². The van der Waals surface area contributed by atoms with Crippen molar-refractivity contribution in [1.82, 2.24) is 0 Å². The number of carbonyl (C=O) groups excluding carboxylic acids is 1. The summed E-state index contributed by atoms with van der Waals surface area (Å²) >= 11 is 0. The molecule has 1 amide bonds. The average Bonchev–Trinajstić information content (AvgIpc) is 2.55. The number of hydrogen-bond acceptors (Lipinski definition) is 2. The van der Waals surface area contributed by atoms with E-state index in [0.29, 0.717) is 6.54 Å². The van der Waals surface area contributed by atoms with E-state index < -0.39 is 0 Å². The van der Waals surface area contributed by atoms with E-state index in [2.05, 4.69) is 24.4 Å². The van der Waals surface area contributed by atoms with Crippen LogP contribution in [0.1, 0.15) is 18.5 Å². The Morgan fingerprint density at radius 1 is 1.18 bits per heavy atom. The van der Waals surface area contributed by atoms with E-state index in [1.54, 1.807) is 7.11 Å². The minimum atomic E-state index is -0.00599. The summed E-state index contributed by atoms with van der Waals surface area (Å²) in [7, 11) is 3.64. The molecule has 2 atom stereocenters. The van der Waals surface area contributed by atoms with Crippen LogP contribution in [0.4, 0.5) is 5.69 Å². The molecule has 0 saturated carbocycles. The highest BCUT2D eigenvalue weighted by atomic mass is 16.5. The molecule has 1 unspecified atom stereocenters. The number of likely N-dealkylation sites (N-methyl/N-ethyl adjacent to an activating group) is 1. The van der Waals surface area contributed by atoms with Crippen molar-refractivity contribution in [2.45, 2.75) is 13.0 Å². The van der Waals surface area contributed by atoms with Gasteiger partial charge in [0.15, 0.2) is 6.54 Å². The Balaban J connectivity index is 1.93. The molecule has 0 spiro atoms. The number of anilines is 1. The first kappa shape index (κ1) is 16.0. The largest absolute Gasteiger partial charge is 0.497 e. The van der Waals surface area contributed by atoms with E-state index in [1.807, 2.05) is 49.5 Å². The second-order valence-electron chi connectivity index (χ2n) is 5.44. The molecule has 0 fully saturated rings. The highest BCUT2D eigenvalue weighted by Gasteiger charge is 2.18. The zero-order valence-electron chi connectivity index (χ0n) is 13.3. The van der Waals surface area contributed by atoms with Crippen LogP contribution >= 0.6 is 0 Å². The quantitative estimate of drug-likeness (QED) is 0.855. The molecular formula is C18H23N2O2+. The molecule has 0 heterocycles. The van der Waals surface area contributed by atoms with Crippen LogP contribution in [-0.4, -0.2) is 26.6 Å². The van der Waals surface area contributed by atoms with Gasteiger partial charge in [0.1, 0.15) is 11.8 Å². The van der Waals surface area contributed by atoms with Crippen LogP contribution < -0.4 is 15.0 Å². The smallest absolute Gasteiger partial charge is 0.279 e. The van der Waals surface area contributed by atoms with Crippen LogP contribution in [0.3, 0.4) is 0 Å². The maximum Gasteiger partial charge on any atom is 0.279 e. The van der Waals surface area contributed by atoms with Crippen LogP contribution in [0.25, 0.3) is 0 Å². The number of amides is 1. The molecule has 2 N–H and O–H groups in total. The Labute approximate surface area is 131 Å². The molecular weight excluding hydrogens is 276 g/mol. The molecule has 0 aromatic heterocycles. The van der Waals surface area contributed by atoms with Gasteiger partial charge in [-0.05, 0) is 19.1 Å². The Kier molecular flexibility index (Phi) is 5.55. The minimum Gasteiger partial charge on any atom is -0.497 e. The van der Waals surface area contributed by atoms with Crippen LogP contribution in [0, 0.1) is 0 Å². The summed E-state index contributed by atoms with van der Waals surface area (Å²) in [5.74, 6) is 0.727. The highest BCUT2D eigenvalue weighted by molar-refractivity contribution is 5.91. The third-order valence-electron chi connectivity index (χ3n) is 3.83. The fourth-order valence-electron chi connectivity index (χ4n) is 2.34. The highest BCUT2D eigenvalue weighted by Crippen LogP contribution is 2.16. The lowest BCUT2D eigenvalue weighted by molar-refractivity contribution is -0.902. The number of quaternary nitrogens is 1. The molecule has 2 aromatic rings. The molecule has 2 aromatic carbocycles. The van der Waals surface area contributed by atoms with Crippen LogP contribution in [-0.2, 0) is 4.79 Å². The van der Waals surface area contributed by atoms with Crippen molar-refractivity contribution in [3.8, 4) is 5.75 Å². The van der Waals surface area contributed by atoms with Gasteiger partial charge in [-0.3, -0.25) is 4.79 Å². The zero-order valence-corrected chi connectivity index (χ0v) is 13.3. The van der Waals surface area contributed by atoms with Gasteiger partial charge in [-0.15, -0.1) is 0 Å². The summed E-state index contributed by atoms with van der Waals surface area (Å²) in [6.45, 7) is 2.54. The van der Waals surface area contributed by atoms with E-state index in [-0.39, 0.29) is 11.9 Å². The number of methoxy groups -OCH3 is 1. The van der Waals surface area contributed by atoms with E-state index in [0.717, 1.165) is 16.3 Å². The monoisotopic (exact) mass is 299 g/mol. The zero-order chi connectivity index (χ0) is 15.9. The molecule has 0 radical (unpaired) electrons. The second-order valence-corrected chi connectivity index (χ2v) is 5.44. The van der Waals surface area contributed by atoms with Gasteiger partial charge in [0.05, 0.1) is 14.2 Å². The number of rotatable bonds is 6. The van der Waals surface area contributed by atoms with E-state index >= 15 is 0 Å². The number of ether oxygens (including phenoxy) is 1. The predicted molar refractivity (Wildman–Crippen MR) is 88.2 cm³/mol. The molecule has 0 bridgehead atoms. The first-order valence-electron chi connectivity index (χ1n) is 7.41. The molecule has 0 saturated heterocycles. The predicted octanol–water partition coefficient (Wildman–Crippen LogP) is 1.91. The van der Waals surface area contributed by atoms with Gasteiger partial charge in [0.25, 0.3) is 5.91 Å². The van der Waals surface area contributed by atoms with E-state index in [9.17, 15) is 4.79 Å². The molecule has 4 nitrogen and oxygen atoms in total. The van der Waals surface area contributed by atoms with Gasteiger partial charge in [-0.2, -0.15) is 0 Å². The molecule has 0 aliphatic rings. The fourth-order valence-corrected chi connectivity index (χ4v) is 2.34. The standard InChI is InChI=1S/C18H22N2O2/c1-14(15-8-5-4-6-9-15)20(2)13-18(21)19-16-10-7-11-17(12-16)22-3/h4-12,14H,13H2,1-3H3,(H,19,21)/p+1/t14-/m0/s1. The van der Waals surface area contributed by atoms with Crippen molar-refractivity contribution in [3.05, 3.63) is 60.2 Å². The lowest BCUT2D eigenvalue weighted by Gasteiger charge is -2.21. The lowest BCUT2D eigenvalue weighted by atomic mass is 10.1. The number of benzene rings is 2. The van der Waals surface area contributed by atoms with Gasteiger partial charge >= 0.3 is 0 Å². The Bertz CT molecular complexity index is 613. The van der Waals surface area contributed by atoms with Crippen molar-refractivity contribution in [1.29, 1.82) is 0 Å². The van der Waals surface area contributed by atoms with Gasteiger partial charge in [0, 0.05) is 17.3 Å². The first-order chi connectivity index (χ1) is 10.6. The molecule has 22 heavy (non-hydrogen) atoms. The van der Waals surface area contributed by atoms with Crippen molar-refractivity contribution in [3.63, 3.8) is 0 Å². The summed E-state index contributed by atoms with van der Waals surface area (Å²) in [6.07, 6.45) is 0. The van der Waals surface area contributed by atoms with Crippen molar-refractivity contribution >= 4 is 11.6 Å². The normalized spacial score (nSPS) is 13.2. The Hall–Kier alpha value is -2.33. The van der Waals surface area contributed by atoms with Crippen molar-refractivity contribution < 1.29 is 14.4 Å². The summed E-state index contributed by atoms with van der Waals surface area (Å²) < 4.78 is 5.16. The average molecular weight is 299 g/mol. The fraction of sp³-hybridized carbons (Fsp3) is 0.278. The topological polar surface area (TPSA) is 42.8 Å². The SMILES string of the molecule is COc1cccc(NC(=O)C[NH+](C)[C@@H](C)c2ccccc2)c1. The lowest BCUT2D eigenvalue weighted by Crippen LogP contribution is -3.10. The van der Waals surface area contributed by atoms with Crippen LogP contribution in [0.15, 0.2) is 54.6 Å².